The van der Waals surface area contributed by atoms with Crippen molar-refractivity contribution in [3.63, 3.8) is 0 Å². The third-order valence-corrected chi connectivity index (χ3v) is 3.75. The molecule has 6 heteroatoms. The zero-order valence-corrected chi connectivity index (χ0v) is 12.0. The number of nitrogens with two attached hydrogens (primary N) is 1. The van der Waals surface area contributed by atoms with E-state index in [1.54, 1.807) is 7.11 Å². The van der Waals surface area contributed by atoms with E-state index in [-0.39, 0.29) is 29.9 Å². The van der Waals surface area contributed by atoms with E-state index in [9.17, 15) is 9.59 Å². The van der Waals surface area contributed by atoms with E-state index in [0.717, 1.165) is 19.3 Å². The van der Waals surface area contributed by atoms with Gasteiger partial charge in [-0.3, -0.25) is 9.59 Å². The molecule has 0 aromatic heterocycles. The van der Waals surface area contributed by atoms with Crippen molar-refractivity contribution in [1.29, 1.82) is 0 Å². The van der Waals surface area contributed by atoms with Crippen LogP contribution in [0.15, 0.2) is 0 Å². The first-order valence-corrected chi connectivity index (χ1v) is 6.75. The fourth-order valence-electron chi connectivity index (χ4n) is 1.93. The van der Waals surface area contributed by atoms with Gasteiger partial charge in [0.2, 0.25) is 11.8 Å². The zero-order chi connectivity index (χ0) is 14.5. The lowest BCUT2D eigenvalue weighted by Crippen LogP contribution is -2.52. The first-order valence-electron chi connectivity index (χ1n) is 6.75. The molecular weight excluding hydrogens is 246 g/mol. The molecule has 1 saturated carbocycles. The Hall–Kier alpha value is -1.14. The van der Waals surface area contributed by atoms with E-state index in [1.165, 1.54) is 0 Å². The molecule has 0 heterocycles. The molecule has 0 radical (unpaired) electrons. The number of amides is 2. The lowest BCUT2D eigenvalue weighted by Gasteiger charge is -2.40. The van der Waals surface area contributed by atoms with Gasteiger partial charge in [0, 0.05) is 13.7 Å². The highest BCUT2D eigenvalue weighted by atomic mass is 16.5. The Morgan fingerprint density at radius 2 is 1.95 bits per heavy atom. The van der Waals surface area contributed by atoms with Crippen LogP contribution in [0.4, 0.5) is 0 Å². The maximum Gasteiger partial charge on any atom is 0.239 e. The van der Waals surface area contributed by atoms with Crippen molar-refractivity contribution in [3.8, 4) is 0 Å². The van der Waals surface area contributed by atoms with Gasteiger partial charge in [0.15, 0.2) is 0 Å². The minimum Gasteiger partial charge on any atom is -0.376 e. The molecule has 0 saturated heterocycles. The summed E-state index contributed by atoms with van der Waals surface area (Å²) >= 11 is 0. The van der Waals surface area contributed by atoms with Crippen molar-refractivity contribution in [2.75, 3.05) is 20.2 Å². The van der Waals surface area contributed by atoms with Crippen LogP contribution in [0.5, 0.6) is 0 Å². The number of carbonyl (C=O) groups is 2. The van der Waals surface area contributed by atoms with Gasteiger partial charge in [0.1, 0.15) is 0 Å². The standard InChI is InChI=1S/C13H25N3O3/c1-9(2)11(14)12(18)15-7-10(17)16-8-13(19-3)5-4-6-13/h9,11H,4-8,14H2,1-3H3,(H,15,18)(H,16,17)/t11-/m0/s1. The summed E-state index contributed by atoms with van der Waals surface area (Å²) in [4.78, 5) is 23.2. The SMILES string of the molecule is COC1(CNC(=O)CNC(=O)[C@@H](N)C(C)C)CCC1. The normalized spacial score (nSPS) is 18.6. The lowest BCUT2D eigenvalue weighted by molar-refractivity contribution is -0.129. The van der Waals surface area contributed by atoms with Crippen LogP contribution >= 0.6 is 0 Å². The Labute approximate surface area is 114 Å². The van der Waals surface area contributed by atoms with E-state index in [1.807, 2.05) is 13.8 Å². The monoisotopic (exact) mass is 271 g/mol. The van der Waals surface area contributed by atoms with Crippen LogP contribution in [0.3, 0.4) is 0 Å². The van der Waals surface area contributed by atoms with Gasteiger partial charge >= 0.3 is 0 Å². The summed E-state index contributed by atoms with van der Waals surface area (Å²) < 4.78 is 5.40. The average molecular weight is 271 g/mol. The molecule has 0 unspecified atom stereocenters. The van der Waals surface area contributed by atoms with Crippen LogP contribution in [0.1, 0.15) is 33.1 Å². The van der Waals surface area contributed by atoms with Gasteiger partial charge in [-0.25, -0.2) is 0 Å². The summed E-state index contributed by atoms with van der Waals surface area (Å²) in [6.07, 6.45) is 3.06. The van der Waals surface area contributed by atoms with Gasteiger partial charge in [0.25, 0.3) is 0 Å². The number of rotatable bonds is 7. The molecule has 6 nitrogen and oxygen atoms in total. The molecule has 0 aromatic carbocycles. The predicted octanol–water partition coefficient (Wildman–Crippen LogP) is -0.229. The molecule has 1 aliphatic rings. The van der Waals surface area contributed by atoms with E-state index >= 15 is 0 Å². The van der Waals surface area contributed by atoms with E-state index in [4.69, 9.17) is 10.5 Å². The molecule has 1 atom stereocenters. The van der Waals surface area contributed by atoms with E-state index in [0.29, 0.717) is 6.54 Å². The largest absolute Gasteiger partial charge is 0.376 e. The molecule has 2 amide bonds. The van der Waals surface area contributed by atoms with E-state index < -0.39 is 6.04 Å². The molecule has 110 valence electrons. The summed E-state index contributed by atoms with van der Waals surface area (Å²) in [5.74, 6) is -0.460. The van der Waals surface area contributed by atoms with E-state index in [2.05, 4.69) is 10.6 Å². The van der Waals surface area contributed by atoms with Crippen molar-refractivity contribution < 1.29 is 14.3 Å². The molecule has 1 rings (SSSR count). The second kappa shape index (κ2) is 6.86. The third kappa shape index (κ3) is 4.47. The fourth-order valence-corrected chi connectivity index (χ4v) is 1.93. The molecule has 0 aromatic rings. The van der Waals surface area contributed by atoms with Crippen LogP contribution < -0.4 is 16.4 Å². The Balaban J connectivity index is 2.23. The molecule has 0 bridgehead atoms. The van der Waals surface area contributed by atoms with Gasteiger partial charge in [-0.15, -0.1) is 0 Å². The third-order valence-electron chi connectivity index (χ3n) is 3.75. The number of methoxy groups -OCH3 is 1. The number of hydrogen-bond donors (Lipinski definition) is 3. The van der Waals surface area contributed by atoms with Gasteiger partial charge < -0.3 is 21.1 Å². The highest BCUT2D eigenvalue weighted by Gasteiger charge is 2.37. The average Bonchev–Trinajstić information content (AvgIpc) is 2.34. The maximum atomic E-state index is 11.6. The van der Waals surface area contributed by atoms with Crippen molar-refractivity contribution in [2.45, 2.75) is 44.8 Å². The Kier molecular flexibility index (Phi) is 5.75. The highest BCUT2D eigenvalue weighted by Crippen LogP contribution is 2.34. The van der Waals surface area contributed by atoms with Crippen LogP contribution in [-0.4, -0.2) is 43.7 Å². The Morgan fingerprint density at radius 3 is 2.37 bits per heavy atom. The van der Waals surface area contributed by atoms with Crippen molar-refractivity contribution in [2.24, 2.45) is 11.7 Å². The van der Waals surface area contributed by atoms with Crippen LogP contribution in [0, 0.1) is 5.92 Å². The Morgan fingerprint density at radius 1 is 1.32 bits per heavy atom. The number of nitrogens with one attached hydrogen (secondary N) is 2. The van der Waals surface area contributed by atoms with Gasteiger partial charge in [-0.05, 0) is 25.2 Å². The van der Waals surface area contributed by atoms with Crippen LogP contribution in [0.25, 0.3) is 0 Å². The number of carbonyl (C=O) groups excluding carboxylic acids is 2. The molecule has 1 aliphatic carbocycles. The minimum atomic E-state index is -0.579. The highest BCUT2D eigenvalue weighted by molar-refractivity contribution is 5.87. The topological polar surface area (TPSA) is 93.5 Å². The molecule has 19 heavy (non-hydrogen) atoms. The first-order chi connectivity index (χ1) is 8.90. The van der Waals surface area contributed by atoms with Gasteiger partial charge in [0.05, 0.1) is 18.2 Å². The Bertz CT molecular complexity index is 322. The van der Waals surface area contributed by atoms with Crippen LogP contribution in [0.2, 0.25) is 0 Å². The zero-order valence-electron chi connectivity index (χ0n) is 12.0. The molecule has 1 fully saturated rings. The molecule has 0 spiro atoms. The number of hydrogen-bond acceptors (Lipinski definition) is 4. The first kappa shape index (κ1) is 15.9. The smallest absolute Gasteiger partial charge is 0.239 e. The molecular formula is C13H25N3O3. The summed E-state index contributed by atoms with van der Waals surface area (Å²) in [7, 11) is 1.66. The molecule has 0 aliphatic heterocycles. The van der Waals surface area contributed by atoms with Gasteiger partial charge in [-0.1, -0.05) is 13.8 Å². The number of ether oxygens (including phenoxy) is 1. The second-order valence-electron chi connectivity index (χ2n) is 5.51. The van der Waals surface area contributed by atoms with Gasteiger partial charge in [-0.2, -0.15) is 0 Å². The maximum absolute atomic E-state index is 11.6. The summed E-state index contributed by atoms with van der Waals surface area (Å²) in [6.45, 7) is 4.18. The quantitative estimate of drug-likeness (QED) is 0.596. The van der Waals surface area contributed by atoms with Crippen molar-refractivity contribution in [1.82, 2.24) is 10.6 Å². The second-order valence-corrected chi connectivity index (χ2v) is 5.51. The summed E-state index contributed by atoms with van der Waals surface area (Å²) in [6, 6.07) is -0.579. The minimum absolute atomic E-state index is 0.0426. The van der Waals surface area contributed by atoms with Crippen molar-refractivity contribution in [3.05, 3.63) is 0 Å². The van der Waals surface area contributed by atoms with Crippen LogP contribution in [-0.2, 0) is 14.3 Å². The molecule has 4 N–H and O–H groups in total. The summed E-state index contributed by atoms with van der Waals surface area (Å²) in [5, 5.41) is 5.32. The summed E-state index contributed by atoms with van der Waals surface area (Å²) in [5.41, 5.74) is 5.48. The predicted molar refractivity (Wildman–Crippen MR) is 72.4 cm³/mol. The van der Waals surface area contributed by atoms with Crippen molar-refractivity contribution >= 4 is 11.8 Å². The lowest BCUT2D eigenvalue weighted by atomic mass is 9.80. The fraction of sp³-hybridized carbons (Fsp3) is 0.846.